The van der Waals surface area contributed by atoms with Crippen molar-refractivity contribution in [3.05, 3.63) is 29.6 Å². The highest BCUT2D eigenvalue weighted by Gasteiger charge is 2.16. The topological polar surface area (TPSA) is 50.8 Å². The molecule has 5 nitrogen and oxygen atoms in total. The summed E-state index contributed by atoms with van der Waals surface area (Å²) in [6.07, 6.45) is -0.512. The summed E-state index contributed by atoms with van der Waals surface area (Å²) < 4.78 is 24.3. The van der Waals surface area contributed by atoms with Gasteiger partial charge in [0, 0.05) is 26.7 Å². The number of carbonyl (C=O) groups is 1. The van der Waals surface area contributed by atoms with Gasteiger partial charge >= 0.3 is 0 Å². The fraction of sp³-hybridized carbons (Fsp3) is 0.533. The fourth-order valence-corrected chi connectivity index (χ4v) is 2.16. The van der Waals surface area contributed by atoms with E-state index in [0.29, 0.717) is 32.0 Å². The van der Waals surface area contributed by atoms with E-state index in [2.05, 4.69) is 5.32 Å². The highest BCUT2D eigenvalue weighted by atomic mass is 19.1. The third-order valence-corrected chi connectivity index (χ3v) is 3.55. The van der Waals surface area contributed by atoms with Gasteiger partial charge in [-0.1, -0.05) is 6.07 Å². The van der Waals surface area contributed by atoms with E-state index in [9.17, 15) is 9.18 Å². The molecule has 1 aromatic carbocycles. The molecule has 1 aliphatic heterocycles. The van der Waals surface area contributed by atoms with Crippen molar-refractivity contribution in [2.75, 3.05) is 38.3 Å². The summed E-state index contributed by atoms with van der Waals surface area (Å²) in [6.45, 7) is 4.57. The molecule has 1 saturated heterocycles. The smallest absolute Gasteiger partial charge is 0.249 e. The van der Waals surface area contributed by atoms with Crippen LogP contribution in [0.3, 0.4) is 0 Å². The van der Waals surface area contributed by atoms with Gasteiger partial charge in [0.15, 0.2) is 0 Å². The molecule has 0 saturated carbocycles. The minimum Gasteiger partial charge on any atom is -0.378 e. The van der Waals surface area contributed by atoms with Crippen molar-refractivity contribution in [2.45, 2.75) is 19.6 Å². The maximum atomic E-state index is 14.2. The van der Waals surface area contributed by atoms with Crippen LogP contribution < -0.4 is 10.2 Å². The fourth-order valence-electron chi connectivity index (χ4n) is 2.16. The number of nitrogens with one attached hydrogen (secondary N) is 1. The second-order valence-electron chi connectivity index (χ2n) is 4.98. The molecule has 21 heavy (non-hydrogen) atoms. The monoisotopic (exact) mass is 296 g/mol. The molecule has 1 heterocycles. The van der Waals surface area contributed by atoms with Crippen LogP contribution in [0.2, 0.25) is 0 Å². The highest BCUT2D eigenvalue weighted by molar-refractivity contribution is 5.80. The third kappa shape index (κ3) is 4.15. The van der Waals surface area contributed by atoms with E-state index in [0.717, 1.165) is 5.56 Å². The second kappa shape index (κ2) is 7.38. The summed E-state index contributed by atoms with van der Waals surface area (Å²) in [5, 5.41) is 2.71. The molecule has 116 valence electrons. The van der Waals surface area contributed by atoms with E-state index in [-0.39, 0.29) is 18.3 Å². The van der Waals surface area contributed by atoms with Crippen LogP contribution in [0.25, 0.3) is 0 Å². The first kappa shape index (κ1) is 15.7. The van der Waals surface area contributed by atoms with E-state index >= 15 is 0 Å². The number of carbonyl (C=O) groups excluding carboxylic acids is 1. The summed E-state index contributed by atoms with van der Waals surface area (Å²) in [5.41, 5.74) is 1.31. The van der Waals surface area contributed by atoms with Gasteiger partial charge in [0.25, 0.3) is 0 Å². The average Bonchev–Trinajstić information content (AvgIpc) is 2.52. The first-order valence-corrected chi connectivity index (χ1v) is 7.03. The first-order chi connectivity index (χ1) is 10.1. The number of hydrogen-bond acceptors (Lipinski definition) is 4. The predicted octanol–water partition coefficient (Wildman–Crippen LogP) is 1.31. The maximum Gasteiger partial charge on any atom is 0.249 e. The molecule has 2 rings (SSSR count). The van der Waals surface area contributed by atoms with Crippen LogP contribution >= 0.6 is 0 Å². The van der Waals surface area contributed by atoms with E-state index in [4.69, 9.17) is 9.47 Å². The molecule has 1 aliphatic rings. The van der Waals surface area contributed by atoms with E-state index in [1.807, 2.05) is 11.0 Å². The van der Waals surface area contributed by atoms with Gasteiger partial charge in [-0.15, -0.1) is 0 Å². The number of morpholine rings is 1. The Kier molecular flexibility index (Phi) is 5.52. The van der Waals surface area contributed by atoms with Gasteiger partial charge in [0.05, 0.1) is 18.9 Å². The Bertz CT molecular complexity index is 490. The molecule has 1 atom stereocenters. The van der Waals surface area contributed by atoms with Crippen molar-refractivity contribution >= 4 is 11.6 Å². The van der Waals surface area contributed by atoms with Crippen LogP contribution in [0.4, 0.5) is 10.1 Å². The molecule has 1 unspecified atom stereocenters. The van der Waals surface area contributed by atoms with Gasteiger partial charge in [-0.3, -0.25) is 4.79 Å². The molecule has 6 heteroatoms. The SMILES string of the molecule is COC(C)C(=O)NCc1ccc(N2CCOCC2)c(F)c1. The molecule has 1 fully saturated rings. The molecule has 0 aromatic heterocycles. The number of nitrogens with zero attached hydrogens (tertiary/aromatic N) is 1. The average molecular weight is 296 g/mol. The molecule has 0 spiro atoms. The molecule has 0 bridgehead atoms. The van der Waals surface area contributed by atoms with Gasteiger partial charge in [-0.2, -0.15) is 0 Å². The van der Waals surface area contributed by atoms with E-state index in [1.54, 1.807) is 13.0 Å². The largest absolute Gasteiger partial charge is 0.378 e. The Morgan fingerprint density at radius 2 is 2.19 bits per heavy atom. The Morgan fingerprint density at radius 1 is 1.48 bits per heavy atom. The van der Waals surface area contributed by atoms with Gasteiger partial charge < -0.3 is 19.7 Å². The molecule has 1 N–H and O–H groups in total. The minimum atomic E-state index is -0.512. The molecule has 0 radical (unpaired) electrons. The Labute approximate surface area is 124 Å². The Morgan fingerprint density at radius 3 is 2.81 bits per heavy atom. The van der Waals surface area contributed by atoms with Crippen LogP contribution in [-0.2, 0) is 20.8 Å². The quantitative estimate of drug-likeness (QED) is 0.890. The number of anilines is 1. The highest BCUT2D eigenvalue weighted by Crippen LogP contribution is 2.21. The number of rotatable bonds is 5. The maximum absolute atomic E-state index is 14.2. The molecule has 1 amide bonds. The van der Waals surface area contributed by atoms with Crippen molar-refractivity contribution in [3.8, 4) is 0 Å². The van der Waals surface area contributed by atoms with Crippen molar-refractivity contribution < 1.29 is 18.7 Å². The summed E-state index contributed by atoms with van der Waals surface area (Å²) in [5.74, 6) is -0.487. The number of methoxy groups -OCH3 is 1. The van der Waals surface area contributed by atoms with E-state index in [1.165, 1.54) is 13.2 Å². The number of hydrogen-bond donors (Lipinski definition) is 1. The summed E-state index contributed by atoms with van der Waals surface area (Å²) in [6, 6.07) is 5.04. The number of benzene rings is 1. The predicted molar refractivity (Wildman–Crippen MR) is 77.7 cm³/mol. The zero-order valence-corrected chi connectivity index (χ0v) is 12.4. The van der Waals surface area contributed by atoms with Crippen molar-refractivity contribution in [3.63, 3.8) is 0 Å². The minimum absolute atomic E-state index is 0.213. The number of amides is 1. The molecule has 1 aromatic rings. The molecular formula is C15H21FN2O3. The zero-order chi connectivity index (χ0) is 15.2. The van der Waals surface area contributed by atoms with Gasteiger partial charge in [-0.25, -0.2) is 4.39 Å². The first-order valence-electron chi connectivity index (χ1n) is 7.03. The lowest BCUT2D eigenvalue weighted by atomic mass is 10.1. The van der Waals surface area contributed by atoms with Crippen LogP contribution in [0.15, 0.2) is 18.2 Å². The summed E-state index contributed by atoms with van der Waals surface area (Å²) in [7, 11) is 1.47. The Hall–Kier alpha value is -1.66. The van der Waals surface area contributed by atoms with Crippen molar-refractivity contribution in [1.82, 2.24) is 5.32 Å². The standard InChI is InChI=1S/C15H21FN2O3/c1-11(20-2)15(19)17-10-12-3-4-14(13(16)9-12)18-5-7-21-8-6-18/h3-4,9,11H,5-8,10H2,1-2H3,(H,17,19). The van der Waals surface area contributed by atoms with Crippen LogP contribution in [0.1, 0.15) is 12.5 Å². The van der Waals surface area contributed by atoms with Crippen LogP contribution in [0.5, 0.6) is 0 Å². The van der Waals surface area contributed by atoms with Gasteiger partial charge in [0.1, 0.15) is 11.9 Å². The number of ether oxygens (including phenoxy) is 2. The number of halogens is 1. The van der Waals surface area contributed by atoms with Crippen LogP contribution in [-0.4, -0.2) is 45.4 Å². The van der Waals surface area contributed by atoms with E-state index < -0.39 is 6.10 Å². The van der Waals surface area contributed by atoms with Crippen molar-refractivity contribution in [1.29, 1.82) is 0 Å². The van der Waals surface area contributed by atoms with Gasteiger partial charge in [-0.05, 0) is 24.6 Å². The normalized spacial score (nSPS) is 16.6. The zero-order valence-electron chi connectivity index (χ0n) is 12.4. The third-order valence-electron chi connectivity index (χ3n) is 3.55. The van der Waals surface area contributed by atoms with Crippen LogP contribution in [0, 0.1) is 5.82 Å². The Balaban J connectivity index is 1.97. The summed E-state index contributed by atoms with van der Waals surface area (Å²) in [4.78, 5) is 13.6. The lowest BCUT2D eigenvalue weighted by Gasteiger charge is -2.29. The summed E-state index contributed by atoms with van der Waals surface area (Å²) >= 11 is 0. The van der Waals surface area contributed by atoms with Crippen molar-refractivity contribution in [2.24, 2.45) is 0 Å². The molecular weight excluding hydrogens is 275 g/mol. The lowest BCUT2D eigenvalue weighted by Crippen LogP contribution is -2.36. The lowest BCUT2D eigenvalue weighted by molar-refractivity contribution is -0.130. The molecule has 0 aliphatic carbocycles. The van der Waals surface area contributed by atoms with Gasteiger partial charge in [0.2, 0.25) is 5.91 Å². The second-order valence-corrected chi connectivity index (χ2v) is 4.98.